The number of nitro groups is 1. The van der Waals surface area contributed by atoms with Crippen LogP contribution >= 0.6 is 11.6 Å². The molecule has 0 amide bonds. The Morgan fingerprint density at radius 1 is 1.33 bits per heavy atom. The van der Waals surface area contributed by atoms with Crippen molar-refractivity contribution in [3.05, 3.63) is 79.3 Å². The van der Waals surface area contributed by atoms with Crippen LogP contribution in [0.2, 0.25) is 5.02 Å². The number of aromatic nitrogens is 2. The summed E-state index contributed by atoms with van der Waals surface area (Å²) in [5.41, 5.74) is 1.54. The molecule has 2 heterocycles. The molecule has 0 saturated carbocycles. The van der Waals surface area contributed by atoms with Gasteiger partial charge in [0.05, 0.1) is 15.6 Å². The maximum Gasteiger partial charge on any atom is 0.271 e. The first-order valence-electron chi connectivity index (χ1n) is 7.00. The van der Waals surface area contributed by atoms with Crippen LogP contribution in [0.1, 0.15) is 11.3 Å². The summed E-state index contributed by atoms with van der Waals surface area (Å²) in [6.07, 6.45) is 1.65. The number of nitrogens with zero attached hydrogens (tertiary/aromatic N) is 3. The van der Waals surface area contributed by atoms with E-state index in [9.17, 15) is 14.9 Å². The molecule has 0 bridgehead atoms. The lowest BCUT2D eigenvalue weighted by Crippen LogP contribution is -2.17. The average molecular weight is 346 g/mol. The van der Waals surface area contributed by atoms with Gasteiger partial charge in [-0.15, -0.1) is 0 Å². The highest BCUT2D eigenvalue weighted by Crippen LogP contribution is 2.29. The summed E-state index contributed by atoms with van der Waals surface area (Å²) >= 11 is 5.98. The van der Waals surface area contributed by atoms with Crippen LogP contribution in [0.25, 0.3) is 5.65 Å². The minimum absolute atomic E-state index is 0.0254. The van der Waals surface area contributed by atoms with Gasteiger partial charge in [-0.1, -0.05) is 17.7 Å². The number of fused-ring (bicyclic) bond motifs is 1. The summed E-state index contributed by atoms with van der Waals surface area (Å²) in [4.78, 5) is 26.7. The van der Waals surface area contributed by atoms with E-state index in [0.717, 1.165) is 5.56 Å². The molecule has 3 rings (SSSR count). The van der Waals surface area contributed by atoms with E-state index >= 15 is 0 Å². The van der Waals surface area contributed by atoms with Crippen molar-refractivity contribution in [2.24, 2.45) is 0 Å². The van der Waals surface area contributed by atoms with Crippen molar-refractivity contribution >= 4 is 22.9 Å². The highest BCUT2D eigenvalue weighted by molar-refractivity contribution is 6.32. The molecule has 0 radical (unpaired) electrons. The zero-order valence-electron chi connectivity index (χ0n) is 12.6. The monoisotopic (exact) mass is 345 g/mol. The van der Waals surface area contributed by atoms with Gasteiger partial charge in [-0.05, 0) is 24.6 Å². The first kappa shape index (κ1) is 15.9. The number of aryl methyl sites for hydroxylation is 1. The molecule has 7 nitrogen and oxygen atoms in total. The molecule has 122 valence electrons. The Hall–Kier alpha value is -2.93. The lowest BCUT2D eigenvalue weighted by Gasteiger charge is -2.09. The summed E-state index contributed by atoms with van der Waals surface area (Å²) in [6, 6.07) is 8.95. The summed E-state index contributed by atoms with van der Waals surface area (Å²) in [5.74, 6) is 0.286. The second-order valence-corrected chi connectivity index (χ2v) is 5.54. The van der Waals surface area contributed by atoms with Gasteiger partial charge in [0.1, 0.15) is 18.0 Å². The van der Waals surface area contributed by atoms with E-state index in [1.165, 1.54) is 28.7 Å². The molecular formula is C16H12ClN3O4. The van der Waals surface area contributed by atoms with Crippen LogP contribution in [0.15, 0.2) is 47.4 Å². The second-order valence-electron chi connectivity index (χ2n) is 5.13. The number of rotatable bonds is 4. The summed E-state index contributed by atoms with van der Waals surface area (Å²) in [6.45, 7) is 1.89. The van der Waals surface area contributed by atoms with Crippen molar-refractivity contribution in [3.8, 4) is 5.75 Å². The summed E-state index contributed by atoms with van der Waals surface area (Å²) in [5, 5.41) is 10.8. The Morgan fingerprint density at radius 2 is 2.12 bits per heavy atom. The molecule has 2 aromatic heterocycles. The molecule has 3 aromatic rings. The predicted octanol–water partition coefficient (Wildman–Crippen LogP) is 3.14. The van der Waals surface area contributed by atoms with Gasteiger partial charge in [-0.25, -0.2) is 4.98 Å². The molecule has 0 aliphatic rings. The summed E-state index contributed by atoms with van der Waals surface area (Å²) in [7, 11) is 0. The molecule has 0 unspecified atom stereocenters. The standard InChI is InChI=1S/C16H12ClN3O4/c1-10-3-2-6-19-15(21)7-11(18-16(10)19)9-24-14-5-4-12(20(22)23)8-13(14)17/h2-8H,9H2,1H3. The molecule has 1 aromatic carbocycles. The first-order valence-corrected chi connectivity index (χ1v) is 7.38. The van der Waals surface area contributed by atoms with Gasteiger partial charge in [0, 0.05) is 24.4 Å². The third kappa shape index (κ3) is 3.07. The van der Waals surface area contributed by atoms with Crippen molar-refractivity contribution in [1.82, 2.24) is 9.38 Å². The van der Waals surface area contributed by atoms with Gasteiger partial charge in [0.25, 0.3) is 11.2 Å². The number of halogens is 1. The van der Waals surface area contributed by atoms with E-state index in [4.69, 9.17) is 16.3 Å². The molecule has 0 spiro atoms. The van der Waals surface area contributed by atoms with Gasteiger partial charge in [0.15, 0.2) is 0 Å². The van der Waals surface area contributed by atoms with Gasteiger partial charge in [-0.2, -0.15) is 0 Å². The average Bonchev–Trinajstić information content (AvgIpc) is 2.54. The number of non-ortho nitro benzene ring substituents is 1. The zero-order chi connectivity index (χ0) is 17.3. The van der Waals surface area contributed by atoms with Crippen molar-refractivity contribution < 1.29 is 9.66 Å². The van der Waals surface area contributed by atoms with Crippen LogP contribution in [-0.2, 0) is 6.61 Å². The Labute approximate surface area is 141 Å². The normalized spacial score (nSPS) is 10.8. The van der Waals surface area contributed by atoms with Gasteiger partial charge in [-0.3, -0.25) is 19.3 Å². The van der Waals surface area contributed by atoms with E-state index in [1.54, 1.807) is 12.3 Å². The van der Waals surface area contributed by atoms with Crippen molar-refractivity contribution in [1.29, 1.82) is 0 Å². The topological polar surface area (TPSA) is 86.7 Å². The van der Waals surface area contributed by atoms with Crippen LogP contribution in [0.3, 0.4) is 0 Å². The molecule has 0 saturated heterocycles. The molecule has 0 N–H and O–H groups in total. The van der Waals surface area contributed by atoms with Crippen LogP contribution in [0.5, 0.6) is 5.75 Å². The third-order valence-corrected chi connectivity index (χ3v) is 3.74. The fourth-order valence-electron chi connectivity index (χ4n) is 2.25. The van der Waals surface area contributed by atoms with Crippen molar-refractivity contribution in [3.63, 3.8) is 0 Å². The molecular weight excluding hydrogens is 334 g/mol. The van der Waals surface area contributed by atoms with E-state index in [1.807, 2.05) is 13.0 Å². The zero-order valence-corrected chi connectivity index (χ0v) is 13.4. The minimum atomic E-state index is -0.537. The third-order valence-electron chi connectivity index (χ3n) is 3.44. The lowest BCUT2D eigenvalue weighted by atomic mass is 10.3. The van der Waals surface area contributed by atoms with Crippen LogP contribution in [0.4, 0.5) is 5.69 Å². The second kappa shape index (κ2) is 6.29. The largest absolute Gasteiger partial charge is 0.486 e. The quantitative estimate of drug-likeness (QED) is 0.535. The van der Waals surface area contributed by atoms with Gasteiger partial charge >= 0.3 is 0 Å². The number of hydrogen-bond acceptors (Lipinski definition) is 5. The molecule has 0 fully saturated rings. The van der Waals surface area contributed by atoms with E-state index in [2.05, 4.69) is 4.98 Å². The lowest BCUT2D eigenvalue weighted by molar-refractivity contribution is -0.384. The van der Waals surface area contributed by atoms with Crippen LogP contribution in [-0.4, -0.2) is 14.3 Å². The Bertz CT molecular complexity index is 1000. The molecule has 24 heavy (non-hydrogen) atoms. The SMILES string of the molecule is Cc1cccn2c(=O)cc(COc3ccc([N+](=O)[O-])cc3Cl)nc12. The van der Waals surface area contributed by atoms with E-state index in [0.29, 0.717) is 11.3 Å². The Balaban J connectivity index is 1.87. The number of ether oxygens (including phenoxy) is 1. The Morgan fingerprint density at radius 3 is 2.83 bits per heavy atom. The number of hydrogen-bond donors (Lipinski definition) is 0. The predicted molar refractivity (Wildman–Crippen MR) is 88.6 cm³/mol. The van der Waals surface area contributed by atoms with Crippen LogP contribution < -0.4 is 10.3 Å². The Kier molecular flexibility index (Phi) is 4.18. The molecule has 0 aliphatic heterocycles. The smallest absolute Gasteiger partial charge is 0.271 e. The van der Waals surface area contributed by atoms with Gasteiger partial charge in [0.2, 0.25) is 0 Å². The number of benzene rings is 1. The van der Waals surface area contributed by atoms with Crippen molar-refractivity contribution in [2.75, 3.05) is 0 Å². The fraction of sp³-hybridized carbons (Fsp3) is 0.125. The maximum atomic E-state index is 12.1. The minimum Gasteiger partial charge on any atom is -0.486 e. The molecule has 0 aliphatic carbocycles. The van der Waals surface area contributed by atoms with Crippen molar-refractivity contribution in [2.45, 2.75) is 13.5 Å². The fourth-order valence-corrected chi connectivity index (χ4v) is 2.48. The number of pyridine rings is 1. The maximum absolute atomic E-state index is 12.1. The highest BCUT2D eigenvalue weighted by atomic mass is 35.5. The van der Waals surface area contributed by atoms with Gasteiger partial charge < -0.3 is 4.74 Å². The highest BCUT2D eigenvalue weighted by Gasteiger charge is 2.11. The molecule has 8 heteroatoms. The summed E-state index contributed by atoms with van der Waals surface area (Å²) < 4.78 is 6.99. The van der Waals surface area contributed by atoms with Crippen LogP contribution in [0, 0.1) is 17.0 Å². The van der Waals surface area contributed by atoms with E-state index in [-0.39, 0.29) is 28.6 Å². The van der Waals surface area contributed by atoms with E-state index < -0.39 is 4.92 Å². The first-order chi connectivity index (χ1) is 11.5. The molecule has 0 atom stereocenters. The number of nitro benzene ring substituents is 1.